The maximum absolute atomic E-state index is 11.3. The summed E-state index contributed by atoms with van der Waals surface area (Å²) in [4.78, 5) is 11.3. The minimum atomic E-state index is -0.860. The van der Waals surface area contributed by atoms with E-state index in [1.807, 2.05) is 43.3 Å². The number of rotatable bonds is 8. The van der Waals surface area contributed by atoms with Crippen molar-refractivity contribution in [1.82, 2.24) is 0 Å². The summed E-state index contributed by atoms with van der Waals surface area (Å²) in [6, 6.07) is 13.5. The summed E-state index contributed by atoms with van der Waals surface area (Å²) in [7, 11) is 0. The predicted octanol–water partition coefficient (Wildman–Crippen LogP) is 6.58. The fourth-order valence-electron chi connectivity index (χ4n) is 4.36. The zero-order valence-electron chi connectivity index (χ0n) is 18.4. The lowest BCUT2D eigenvalue weighted by Gasteiger charge is -2.42. The van der Waals surface area contributed by atoms with Crippen LogP contribution in [-0.4, -0.2) is 23.8 Å². The summed E-state index contributed by atoms with van der Waals surface area (Å²) in [5.41, 5.74) is 3.74. The molecule has 3 rings (SSSR count). The van der Waals surface area contributed by atoms with Crippen molar-refractivity contribution in [2.24, 2.45) is 5.92 Å². The summed E-state index contributed by atoms with van der Waals surface area (Å²) < 4.78 is 12.6. The Morgan fingerprint density at radius 2 is 2.00 bits per heavy atom. The molecule has 31 heavy (non-hydrogen) atoms. The van der Waals surface area contributed by atoms with E-state index in [4.69, 9.17) is 21.1 Å². The normalized spacial score (nSPS) is 23.4. The molecule has 0 aliphatic carbocycles. The third-order valence-corrected chi connectivity index (χ3v) is 6.28. The molecule has 1 aliphatic heterocycles. The van der Waals surface area contributed by atoms with Gasteiger partial charge in [0.15, 0.2) is 0 Å². The van der Waals surface area contributed by atoms with Crippen LogP contribution in [0.15, 0.2) is 54.6 Å². The molecule has 0 saturated carbocycles. The average Bonchev–Trinajstić information content (AvgIpc) is 2.72. The first-order valence-corrected chi connectivity index (χ1v) is 11.2. The van der Waals surface area contributed by atoms with Gasteiger partial charge in [-0.25, -0.2) is 0 Å². The molecule has 1 saturated heterocycles. The molecule has 2 aromatic rings. The SMILES string of the molecule is C=C(C)[C@H]1C[C@H](c2ccccc2Cl)[C@H](C)O[C@@H]1c1cc(CC(=O)O)ccc1OCCC. The number of ether oxygens (including phenoxy) is 2. The molecule has 0 aromatic heterocycles. The van der Waals surface area contributed by atoms with Crippen LogP contribution in [-0.2, 0) is 16.0 Å². The van der Waals surface area contributed by atoms with Gasteiger partial charge in [-0.2, -0.15) is 0 Å². The number of benzene rings is 2. The highest BCUT2D eigenvalue weighted by Gasteiger charge is 2.39. The van der Waals surface area contributed by atoms with Crippen molar-refractivity contribution in [3.8, 4) is 5.75 Å². The zero-order valence-corrected chi connectivity index (χ0v) is 19.2. The van der Waals surface area contributed by atoms with E-state index in [0.717, 1.165) is 45.9 Å². The van der Waals surface area contributed by atoms with Crippen LogP contribution in [0.3, 0.4) is 0 Å². The van der Waals surface area contributed by atoms with Gasteiger partial charge in [-0.15, -0.1) is 0 Å². The first-order valence-electron chi connectivity index (χ1n) is 10.8. The van der Waals surface area contributed by atoms with Gasteiger partial charge in [-0.1, -0.05) is 54.9 Å². The van der Waals surface area contributed by atoms with Crippen LogP contribution in [0.2, 0.25) is 5.02 Å². The Kier molecular flexibility index (Phi) is 7.79. The van der Waals surface area contributed by atoms with Crippen molar-refractivity contribution in [3.05, 3.63) is 76.3 Å². The molecule has 5 heteroatoms. The highest BCUT2D eigenvalue weighted by molar-refractivity contribution is 6.31. The minimum Gasteiger partial charge on any atom is -0.493 e. The summed E-state index contributed by atoms with van der Waals surface area (Å²) in [6.07, 6.45) is 1.37. The van der Waals surface area contributed by atoms with Gasteiger partial charge >= 0.3 is 5.97 Å². The van der Waals surface area contributed by atoms with E-state index in [2.05, 4.69) is 26.5 Å². The molecule has 0 amide bonds. The van der Waals surface area contributed by atoms with Gasteiger partial charge in [-0.3, -0.25) is 4.79 Å². The van der Waals surface area contributed by atoms with Crippen molar-refractivity contribution in [3.63, 3.8) is 0 Å². The minimum absolute atomic E-state index is 0.0384. The Bertz CT molecular complexity index is 939. The number of halogens is 1. The summed E-state index contributed by atoms with van der Waals surface area (Å²) >= 11 is 6.50. The molecule has 0 spiro atoms. The third kappa shape index (κ3) is 5.50. The summed E-state index contributed by atoms with van der Waals surface area (Å²) in [6.45, 7) is 11.0. The number of carboxylic acid groups (broad SMARTS) is 1. The van der Waals surface area contributed by atoms with Crippen molar-refractivity contribution < 1.29 is 19.4 Å². The van der Waals surface area contributed by atoms with E-state index < -0.39 is 5.97 Å². The van der Waals surface area contributed by atoms with Crippen LogP contribution in [0, 0.1) is 5.92 Å². The average molecular weight is 443 g/mol. The molecule has 0 bridgehead atoms. The molecule has 0 unspecified atom stereocenters. The second kappa shape index (κ2) is 10.3. The number of hydrogen-bond donors (Lipinski definition) is 1. The van der Waals surface area contributed by atoms with Crippen molar-refractivity contribution in [1.29, 1.82) is 0 Å². The number of hydrogen-bond acceptors (Lipinski definition) is 3. The van der Waals surface area contributed by atoms with Crippen LogP contribution >= 0.6 is 11.6 Å². The molecule has 1 fully saturated rings. The monoisotopic (exact) mass is 442 g/mol. The smallest absolute Gasteiger partial charge is 0.307 e. The zero-order chi connectivity index (χ0) is 22.5. The van der Waals surface area contributed by atoms with Gasteiger partial charge in [-0.05, 0) is 56.0 Å². The molecule has 1 N–H and O–H groups in total. The van der Waals surface area contributed by atoms with Crippen LogP contribution in [0.4, 0.5) is 0 Å². The van der Waals surface area contributed by atoms with Crippen LogP contribution in [0.25, 0.3) is 0 Å². The predicted molar refractivity (Wildman–Crippen MR) is 124 cm³/mol. The van der Waals surface area contributed by atoms with Crippen LogP contribution in [0.5, 0.6) is 5.75 Å². The Hall–Kier alpha value is -2.30. The topological polar surface area (TPSA) is 55.8 Å². The molecule has 4 nitrogen and oxygen atoms in total. The molecule has 166 valence electrons. The Morgan fingerprint density at radius 1 is 1.26 bits per heavy atom. The number of carbonyl (C=O) groups is 1. The fourth-order valence-corrected chi connectivity index (χ4v) is 4.64. The highest BCUT2D eigenvalue weighted by atomic mass is 35.5. The first kappa shape index (κ1) is 23.4. The van der Waals surface area contributed by atoms with E-state index in [0.29, 0.717) is 6.61 Å². The van der Waals surface area contributed by atoms with Gasteiger partial charge in [0.05, 0.1) is 25.2 Å². The maximum atomic E-state index is 11.3. The number of aliphatic carboxylic acids is 1. The van der Waals surface area contributed by atoms with Gasteiger partial charge in [0.2, 0.25) is 0 Å². The Morgan fingerprint density at radius 3 is 2.65 bits per heavy atom. The molecule has 1 aliphatic rings. The number of carboxylic acids is 1. The summed E-state index contributed by atoms with van der Waals surface area (Å²) in [5.74, 6) is 0.0902. The fraction of sp³-hybridized carbons (Fsp3) is 0.423. The second-order valence-corrected chi connectivity index (χ2v) is 8.78. The molecular weight excluding hydrogens is 412 g/mol. The van der Waals surface area contributed by atoms with Gasteiger partial charge < -0.3 is 14.6 Å². The molecule has 0 radical (unpaired) electrons. The molecule has 1 heterocycles. The van der Waals surface area contributed by atoms with E-state index in [1.165, 1.54) is 0 Å². The molecule has 4 atom stereocenters. The van der Waals surface area contributed by atoms with Crippen molar-refractivity contribution >= 4 is 17.6 Å². The lowest BCUT2D eigenvalue weighted by molar-refractivity contribution is -0.136. The van der Waals surface area contributed by atoms with Gasteiger partial charge in [0.25, 0.3) is 0 Å². The van der Waals surface area contributed by atoms with E-state index in [1.54, 1.807) is 0 Å². The van der Waals surface area contributed by atoms with Gasteiger partial charge in [0.1, 0.15) is 5.75 Å². The third-order valence-electron chi connectivity index (χ3n) is 5.94. The largest absolute Gasteiger partial charge is 0.493 e. The van der Waals surface area contributed by atoms with Crippen LogP contribution < -0.4 is 4.74 Å². The van der Waals surface area contributed by atoms with Gasteiger partial charge in [0, 0.05) is 22.4 Å². The van der Waals surface area contributed by atoms with E-state index >= 15 is 0 Å². The molecular formula is C26H31ClO4. The lowest BCUT2D eigenvalue weighted by Crippen LogP contribution is -2.34. The Balaban J connectivity index is 1.99. The summed E-state index contributed by atoms with van der Waals surface area (Å²) in [5, 5.41) is 10.0. The second-order valence-electron chi connectivity index (χ2n) is 8.37. The van der Waals surface area contributed by atoms with Crippen LogP contribution in [0.1, 0.15) is 62.3 Å². The van der Waals surface area contributed by atoms with E-state index in [-0.39, 0.29) is 30.5 Å². The maximum Gasteiger partial charge on any atom is 0.307 e. The Labute approximate surface area is 189 Å². The standard InChI is InChI=1S/C26H31ClO4/c1-5-12-30-24-11-10-18(14-25(28)29)13-22(24)26-20(16(2)3)15-21(17(4)31-26)19-8-6-7-9-23(19)27/h6-11,13,17,20-21,26H,2,5,12,14-15H2,1,3-4H3,(H,28,29)/t17-,20+,21-,26-/m0/s1. The van der Waals surface area contributed by atoms with Crippen molar-refractivity contribution in [2.45, 2.75) is 58.2 Å². The lowest BCUT2D eigenvalue weighted by atomic mass is 9.75. The van der Waals surface area contributed by atoms with Crippen molar-refractivity contribution in [2.75, 3.05) is 6.61 Å². The molecule has 2 aromatic carbocycles. The first-order chi connectivity index (χ1) is 14.8. The quantitative estimate of drug-likeness (QED) is 0.469. The van der Waals surface area contributed by atoms with E-state index in [9.17, 15) is 9.90 Å². The highest BCUT2D eigenvalue weighted by Crippen LogP contribution is 2.49.